The van der Waals surface area contributed by atoms with Gasteiger partial charge >= 0.3 is 0 Å². The van der Waals surface area contributed by atoms with Crippen molar-refractivity contribution in [2.24, 2.45) is 0 Å². The van der Waals surface area contributed by atoms with Gasteiger partial charge in [0.25, 0.3) is 5.91 Å². The van der Waals surface area contributed by atoms with Crippen molar-refractivity contribution < 1.29 is 17.9 Å². The van der Waals surface area contributed by atoms with Gasteiger partial charge in [0.2, 0.25) is 10.0 Å². The summed E-state index contributed by atoms with van der Waals surface area (Å²) in [7, 11) is -2.30. The number of halogens is 1. The van der Waals surface area contributed by atoms with Crippen LogP contribution in [0.2, 0.25) is 5.02 Å². The van der Waals surface area contributed by atoms with Gasteiger partial charge in [0.15, 0.2) is 0 Å². The largest absolute Gasteiger partial charge is 0.373 e. The molecule has 1 N–H and O–H groups in total. The molecule has 22 heavy (non-hydrogen) atoms. The number of rotatable bonds is 3. The fourth-order valence-corrected chi connectivity index (χ4v) is 4.54. The van der Waals surface area contributed by atoms with Crippen molar-refractivity contribution in [1.29, 1.82) is 0 Å². The van der Waals surface area contributed by atoms with Crippen LogP contribution < -0.4 is 5.32 Å². The summed E-state index contributed by atoms with van der Waals surface area (Å²) in [6.07, 6.45) is -0.390. The summed E-state index contributed by atoms with van der Waals surface area (Å²) in [5.74, 6) is -0.364. The van der Waals surface area contributed by atoms with E-state index >= 15 is 0 Å². The zero-order valence-corrected chi connectivity index (χ0v) is 14.2. The van der Waals surface area contributed by atoms with Crippen LogP contribution in [0.4, 0.5) is 0 Å². The smallest absolute Gasteiger partial charge is 0.251 e. The predicted octanol–water partition coefficient (Wildman–Crippen LogP) is 1.50. The Labute approximate surface area is 135 Å². The number of hydrogen-bond donors (Lipinski definition) is 1. The molecule has 2 atom stereocenters. The second-order valence-electron chi connectivity index (χ2n) is 5.30. The SMILES string of the molecule is CNC(=O)c1ccc(Cl)c(S(=O)(=O)N2CC(C)OC(C)C2)c1. The second kappa shape index (κ2) is 6.54. The van der Waals surface area contributed by atoms with E-state index in [0.717, 1.165) is 0 Å². The van der Waals surface area contributed by atoms with Crippen molar-refractivity contribution >= 4 is 27.5 Å². The number of hydrogen-bond acceptors (Lipinski definition) is 4. The molecule has 0 spiro atoms. The van der Waals surface area contributed by atoms with Gasteiger partial charge in [-0.25, -0.2) is 8.42 Å². The molecule has 1 aliphatic heterocycles. The lowest BCUT2D eigenvalue weighted by molar-refractivity contribution is -0.0440. The molecule has 1 aromatic rings. The molecule has 0 saturated carbocycles. The minimum Gasteiger partial charge on any atom is -0.373 e. The van der Waals surface area contributed by atoms with Crippen LogP contribution in [-0.2, 0) is 14.8 Å². The summed E-state index contributed by atoms with van der Waals surface area (Å²) < 4.78 is 32.5. The average Bonchev–Trinajstić information content (AvgIpc) is 2.45. The highest BCUT2D eigenvalue weighted by atomic mass is 35.5. The van der Waals surface area contributed by atoms with Gasteiger partial charge in [0.1, 0.15) is 4.90 Å². The molecule has 1 aliphatic rings. The van der Waals surface area contributed by atoms with E-state index < -0.39 is 10.0 Å². The van der Waals surface area contributed by atoms with Gasteiger partial charge in [-0.15, -0.1) is 0 Å². The fourth-order valence-electron chi connectivity index (χ4n) is 2.45. The first-order valence-electron chi connectivity index (χ1n) is 6.93. The monoisotopic (exact) mass is 346 g/mol. The van der Waals surface area contributed by atoms with Crippen LogP contribution in [0.5, 0.6) is 0 Å². The summed E-state index contributed by atoms with van der Waals surface area (Å²) in [5.41, 5.74) is 0.250. The lowest BCUT2D eigenvalue weighted by Crippen LogP contribution is -2.48. The van der Waals surface area contributed by atoms with Gasteiger partial charge in [-0.1, -0.05) is 11.6 Å². The average molecular weight is 347 g/mol. The normalized spacial score (nSPS) is 23.3. The summed E-state index contributed by atoms with van der Waals surface area (Å²) in [5, 5.41) is 2.56. The molecular formula is C14H19ClN2O4S. The predicted molar refractivity (Wildman–Crippen MR) is 83.6 cm³/mol. The maximum atomic E-state index is 12.8. The third-order valence-electron chi connectivity index (χ3n) is 3.42. The summed E-state index contributed by atoms with van der Waals surface area (Å²) in [4.78, 5) is 11.6. The zero-order chi connectivity index (χ0) is 16.5. The van der Waals surface area contributed by atoms with Gasteiger partial charge in [-0.05, 0) is 32.0 Å². The van der Waals surface area contributed by atoms with E-state index in [0.29, 0.717) is 0 Å². The number of nitrogens with one attached hydrogen (secondary N) is 1. The lowest BCUT2D eigenvalue weighted by Gasteiger charge is -2.34. The molecule has 1 aromatic carbocycles. The van der Waals surface area contributed by atoms with Crippen LogP contribution >= 0.6 is 11.6 Å². The van der Waals surface area contributed by atoms with Crippen LogP contribution in [-0.4, -0.2) is 51.0 Å². The first kappa shape index (κ1) is 17.2. The number of sulfonamides is 1. The van der Waals surface area contributed by atoms with E-state index in [9.17, 15) is 13.2 Å². The van der Waals surface area contributed by atoms with Gasteiger partial charge in [-0.2, -0.15) is 4.31 Å². The van der Waals surface area contributed by atoms with Crippen LogP contribution in [0, 0.1) is 0 Å². The maximum absolute atomic E-state index is 12.8. The summed E-state index contributed by atoms with van der Waals surface area (Å²) in [6.45, 7) is 4.15. The number of carbonyl (C=O) groups is 1. The highest BCUT2D eigenvalue weighted by molar-refractivity contribution is 7.89. The van der Waals surface area contributed by atoms with Crippen molar-refractivity contribution in [2.45, 2.75) is 31.0 Å². The molecule has 2 unspecified atom stereocenters. The van der Waals surface area contributed by atoms with Crippen molar-refractivity contribution in [3.05, 3.63) is 28.8 Å². The van der Waals surface area contributed by atoms with E-state index in [4.69, 9.17) is 16.3 Å². The van der Waals surface area contributed by atoms with Crippen molar-refractivity contribution in [3.63, 3.8) is 0 Å². The molecule has 1 heterocycles. The molecule has 1 amide bonds. The van der Waals surface area contributed by atoms with E-state index in [1.54, 1.807) is 0 Å². The minimum absolute atomic E-state index is 0.0587. The molecular weight excluding hydrogens is 328 g/mol. The van der Waals surface area contributed by atoms with Crippen molar-refractivity contribution in [2.75, 3.05) is 20.1 Å². The van der Waals surface area contributed by atoms with Crippen LogP contribution in [0.25, 0.3) is 0 Å². The van der Waals surface area contributed by atoms with Crippen LogP contribution in [0.1, 0.15) is 24.2 Å². The highest BCUT2D eigenvalue weighted by Crippen LogP contribution is 2.28. The second-order valence-corrected chi connectivity index (χ2v) is 7.62. The van der Waals surface area contributed by atoms with Crippen molar-refractivity contribution in [3.8, 4) is 0 Å². The third-order valence-corrected chi connectivity index (χ3v) is 5.74. The number of ether oxygens (including phenoxy) is 1. The molecule has 2 rings (SSSR count). The Bertz CT molecular complexity index is 667. The Morgan fingerprint density at radius 1 is 1.32 bits per heavy atom. The number of morpholine rings is 1. The van der Waals surface area contributed by atoms with Crippen LogP contribution in [0.3, 0.4) is 0 Å². The molecule has 1 fully saturated rings. The maximum Gasteiger partial charge on any atom is 0.251 e. The summed E-state index contributed by atoms with van der Waals surface area (Å²) >= 11 is 6.05. The Balaban J connectivity index is 2.42. The quantitative estimate of drug-likeness (QED) is 0.899. The first-order valence-corrected chi connectivity index (χ1v) is 8.74. The number of nitrogens with zero attached hydrogens (tertiary/aromatic N) is 1. The standard InChI is InChI=1S/C14H19ClN2O4S/c1-9-7-17(8-10(2)21-9)22(19,20)13-6-11(14(18)16-3)4-5-12(13)15/h4-6,9-10H,7-8H2,1-3H3,(H,16,18). The molecule has 6 nitrogen and oxygen atoms in total. The van der Waals surface area contributed by atoms with Gasteiger partial charge in [0, 0.05) is 25.7 Å². The third kappa shape index (κ3) is 3.43. The fraction of sp³-hybridized carbons (Fsp3) is 0.500. The van der Waals surface area contributed by atoms with Crippen LogP contribution in [0.15, 0.2) is 23.1 Å². The molecule has 1 saturated heterocycles. The molecule has 0 radical (unpaired) electrons. The molecule has 0 aliphatic carbocycles. The minimum atomic E-state index is -3.78. The first-order chi connectivity index (χ1) is 10.3. The topological polar surface area (TPSA) is 75.7 Å². The van der Waals surface area contributed by atoms with E-state index in [-0.39, 0.29) is 46.7 Å². The molecule has 122 valence electrons. The molecule has 8 heteroatoms. The van der Waals surface area contributed by atoms with Gasteiger partial charge < -0.3 is 10.1 Å². The van der Waals surface area contributed by atoms with Crippen molar-refractivity contribution in [1.82, 2.24) is 9.62 Å². The molecule has 0 bridgehead atoms. The highest BCUT2D eigenvalue weighted by Gasteiger charge is 2.33. The number of carbonyl (C=O) groups excluding carboxylic acids is 1. The Hall–Kier alpha value is -1.15. The Kier molecular flexibility index (Phi) is 5.11. The van der Waals surface area contributed by atoms with Gasteiger partial charge in [0.05, 0.1) is 17.2 Å². The van der Waals surface area contributed by atoms with E-state index in [1.165, 1.54) is 29.6 Å². The number of amides is 1. The zero-order valence-electron chi connectivity index (χ0n) is 12.7. The summed E-state index contributed by atoms with van der Waals surface area (Å²) in [6, 6.07) is 4.22. The lowest BCUT2D eigenvalue weighted by atomic mass is 10.2. The van der Waals surface area contributed by atoms with Gasteiger partial charge in [-0.3, -0.25) is 4.79 Å². The van der Waals surface area contributed by atoms with E-state index in [2.05, 4.69) is 5.32 Å². The van der Waals surface area contributed by atoms with E-state index in [1.807, 2.05) is 13.8 Å². The Morgan fingerprint density at radius 3 is 2.45 bits per heavy atom. The molecule has 0 aromatic heterocycles. The Morgan fingerprint density at radius 2 is 1.91 bits per heavy atom. The number of benzene rings is 1.